The number of carbonyl (C=O) groups excluding carboxylic acids is 1. The first-order valence-electron chi connectivity index (χ1n) is 11.0. The highest BCUT2D eigenvalue weighted by Gasteiger charge is 2.15. The second kappa shape index (κ2) is 12.9. The van der Waals surface area contributed by atoms with Crippen molar-refractivity contribution in [2.45, 2.75) is 13.5 Å². The Bertz CT molecular complexity index is 1320. The van der Waals surface area contributed by atoms with Crippen molar-refractivity contribution in [3.63, 3.8) is 0 Å². The third-order valence-electron chi connectivity index (χ3n) is 5.04. The Labute approximate surface area is 234 Å². The molecule has 3 aromatic carbocycles. The van der Waals surface area contributed by atoms with E-state index in [-0.39, 0.29) is 12.2 Å². The van der Waals surface area contributed by atoms with Gasteiger partial charge >= 0.3 is 0 Å². The lowest BCUT2D eigenvalue weighted by atomic mass is 10.1. The maximum absolute atomic E-state index is 12.8. The summed E-state index contributed by atoms with van der Waals surface area (Å²) in [6.07, 6.45) is 1.52. The van der Waals surface area contributed by atoms with Crippen LogP contribution in [0.2, 0.25) is 10.0 Å². The standard InChI is InChI=1S/C27H24Cl2IN3O3/c1-4-35-25-13-17(12-24(30)26(25)36-16-18-5-6-20(28)14-23(18)29)11-19(15-31)27(34)32-21-7-9-22(10-8-21)33(2)3/h5-14H,4,16H2,1-3H3,(H,32,34)/b19-11-. The molecule has 1 N–H and O–H groups in total. The molecular formula is C27H24Cl2IN3O3. The number of hydrogen-bond acceptors (Lipinski definition) is 5. The lowest BCUT2D eigenvalue weighted by Gasteiger charge is -2.15. The fraction of sp³-hybridized carbons (Fsp3) is 0.185. The molecule has 0 fully saturated rings. The Morgan fingerprint density at radius 1 is 1.11 bits per heavy atom. The van der Waals surface area contributed by atoms with E-state index in [0.29, 0.717) is 39.4 Å². The van der Waals surface area contributed by atoms with Crippen molar-refractivity contribution < 1.29 is 14.3 Å². The minimum absolute atomic E-state index is 0.0356. The van der Waals surface area contributed by atoms with Crippen LogP contribution in [0.25, 0.3) is 6.08 Å². The van der Waals surface area contributed by atoms with E-state index >= 15 is 0 Å². The summed E-state index contributed by atoms with van der Waals surface area (Å²) in [7, 11) is 3.87. The zero-order valence-electron chi connectivity index (χ0n) is 19.9. The molecule has 3 rings (SSSR count). The number of anilines is 2. The fourth-order valence-electron chi connectivity index (χ4n) is 3.22. The van der Waals surface area contributed by atoms with Crippen LogP contribution in [0.3, 0.4) is 0 Å². The maximum atomic E-state index is 12.8. The zero-order chi connectivity index (χ0) is 26.2. The third-order valence-corrected chi connectivity index (χ3v) is 6.42. The zero-order valence-corrected chi connectivity index (χ0v) is 23.6. The van der Waals surface area contributed by atoms with E-state index in [1.54, 1.807) is 36.4 Å². The van der Waals surface area contributed by atoms with E-state index in [1.165, 1.54) is 6.08 Å². The highest BCUT2D eigenvalue weighted by molar-refractivity contribution is 14.1. The number of benzene rings is 3. The predicted octanol–water partition coefficient (Wildman–Crippen LogP) is 7.19. The summed E-state index contributed by atoms with van der Waals surface area (Å²) in [5.74, 6) is 0.544. The van der Waals surface area contributed by atoms with Crippen LogP contribution in [-0.4, -0.2) is 26.6 Å². The highest BCUT2D eigenvalue weighted by Crippen LogP contribution is 2.36. The largest absolute Gasteiger partial charge is 0.490 e. The molecule has 0 atom stereocenters. The number of amides is 1. The molecule has 36 heavy (non-hydrogen) atoms. The first-order valence-corrected chi connectivity index (χ1v) is 12.8. The second-order valence-corrected chi connectivity index (χ2v) is 9.86. The Morgan fingerprint density at radius 2 is 1.83 bits per heavy atom. The number of rotatable bonds is 9. The van der Waals surface area contributed by atoms with Gasteiger partial charge in [-0.25, -0.2) is 0 Å². The van der Waals surface area contributed by atoms with Gasteiger partial charge in [-0.05, 0) is 89.7 Å². The number of nitriles is 1. The molecule has 6 nitrogen and oxygen atoms in total. The molecule has 3 aromatic rings. The van der Waals surface area contributed by atoms with Gasteiger partial charge in [0, 0.05) is 41.1 Å². The minimum Gasteiger partial charge on any atom is -0.490 e. The van der Waals surface area contributed by atoms with Gasteiger partial charge < -0.3 is 19.7 Å². The maximum Gasteiger partial charge on any atom is 0.266 e. The molecular weight excluding hydrogens is 612 g/mol. The lowest BCUT2D eigenvalue weighted by molar-refractivity contribution is -0.112. The minimum atomic E-state index is -0.499. The molecule has 0 spiro atoms. The number of nitrogens with zero attached hydrogens (tertiary/aromatic N) is 2. The van der Waals surface area contributed by atoms with Gasteiger partial charge in [-0.15, -0.1) is 0 Å². The number of ether oxygens (including phenoxy) is 2. The van der Waals surface area contributed by atoms with Crippen molar-refractivity contribution in [2.75, 3.05) is 30.9 Å². The lowest BCUT2D eigenvalue weighted by Crippen LogP contribution is -2.14. The average molecular weight is 636 g/mol. The van der Waals surface area contributed by atoms with Gasteiger partial charge in [0.25, 0.3) is 5.91 Å². The first kappa shape index (κ1) is 27.7. The number of nitrogens with one attached hydrogen (secondary N) is 1. The van der Waals surface area contributed by atoms with Crippen LogP contribution >= 0.6 is 45.8 Å². The van der Waals surface area contributed by atoms with Gasteiger partial charge in [0.05, 0.1) is 10.2 Å². The Kier molecular flexibility index (Phi) is 9.88. The Morgan fingerprint density at radius 3 is 2.44 bits per heavy atom. The molecule has 0 radical (unpaired) electrons. The Balaban J connectivity index is 1.82. The SMILES string of the molecule is CCOc1cc(/C=C(/C#N)C(=O)Nc2ccc(N(C)C)cc2)cc(I)c1OCc1ccc(Cl)cc1Cl. The second-order valence-electron chi connectivity index (χ2n) is 7.85. The summed E-state index contributed by atoms with van der Waals surface area (Å²) >= 11 is 14.4. The van der Waals surface area contributed by atoms with Crippen molar-refractivity contribution in [1.82, 2.24) is 0 Å². The molecule has 186 valence electrons. The molecule has 0 aliphatic carbocycles. The van der Waals surface area contributed by atoms with Crippen molar-refractivity contribution in [2.24, 2.45) is 0 Å². The van der Waals surface area contributed by atoms with Gasteiger partial charge in [-0.1, -0.05) is 29.3 Å². The van der Waals surface area contributed by atoms with Crippen LogP contribution in [0.4, 0.5) is 11.4 Å². The Hall–Kier alpha value is -2.93. The number of hydrogen-bond donors (Lipinski definition) is 1. The van der Waals surface area contributed by atoms with Crippen molar-refractivity contribution in [3.05, 3.63) is 84.9 Å². The molecule has 9 heteroatoms. The average Bonchev–Trinajstić information content (AvgIpc) is 2.83. The van der Waals surface area contributed by atoms with Crippen LogP contribution in [0.15, 0.2) is 60.2 Å². The molecule has 0 aliphatic rings. The smallest absolute Gasteiger partial charge is 0.266 e. The topological polar surface area (TPSA) is 74.6 Å². The van der Waals surface area contributed by atoms with E-state index in [9.17, 15) is 10.1 Å². The van der Waals surface area contributed by atoms with Crippen molar-refractivity contribution in [3.8, 4) is 17.6 Å². The monoisotopic (exact) mass is 635 g/mol. The molecule has 0 saturated heterocycles. The van der Waals surface area contributed by atoms with Gasteiger partial charge in [0.15, 0.2) is 11.5 Å². The van der Waals surface area contributed by atoms with E-state index in [2.05, 4.69) is 27.9 Å². The molecule has 0 aromatic heterocycles. The normalized spacial score (nSPS) is 11.0. The van der Waals surface area contributed by atoms with Gasteiger partial charge in [0.2, 0.25) is 0 Å². The van der Waals surface area contributed by atoms with E-state index in [0.717, 1.165) is 14.8 Å². The van der Waals surface area contributed by atoms with Gasteiger partial charge in [0.1, 0.15) is 18.2 Å². The van der Waals surface area contributed by atoms with E-state index in [1.807, 2.05) is 50.2 Å². The molecule has 0 aliphatic heterocycles. The summed E-state index contributed by atoms with van der Waals surface area (Å²) in [5, 5.41) is 13.5. The summed E-state index contributed by atoms with van der Waals surface area (Å²) in [6.45, 7) is 2.50. The van der Waals surface area contributed by atoms with E-state index < -0.39 is 5.91 Å². The summed E-state index contributed by atoms with van der Waals surface area (Å²) in [5.41, 5.74) is 2.98. The molecule has 0 saturated carbocycles. The molecule has 0 heterocycles. The number of carbonyl (C=O) groups is 1. The molecule has 0 unspecified atom stereocenters. The van der Waals surface area contributed by atoms with Crippen molar-refractivity contribution in [1.29, 1.82) is 5.26 Å². The van der Waals surface area contributed by atoms with Crippen LogP contribution in [-0.2, 0) is 11.4 Å². The summed E-state index contributed by atoms with van der Waals surface area (Å²) in [4.78, 5) is 14.7. The summed E-state index contributed by atoms with van der Waals surface area (Å²) < 4.78 is 12.6. The van der Waals surface area contributed by atoms with Crippen LogP contribution in [0, 0.1) is 14.9 Å². The summed E-state index contributed by atoms with van der Waals surface area (Å²) in [6, 6.07) is 18.1. The predicted molar refractivity (Wildman–Crippen MR) is 154 cm³/mol. The highest BCUT2D eigenvalue weighted by atomic mass is 127. The first-order chi connectivity index (χ1) is 17.2. The third kappa shape index (κ3) is 7.29. The molecule has 1 amide bonds. The molecule has 0 bridgehead atoms. The van der Waals surface area contributed by atoms with Gasteiger partial charge in [-0.2, -0.15) is 5.26 Å². The van der Waals surface area contributed by atoms with Crippen LogP contribution in [0.5, 0.6) is 11.5 Å². The van der Waals surface area contributed by atoms with Crippen LogP contribution < -0.4 is 19.7 Å². The van der Waals surface area contributed by atoms with Gasteiger partial charge in [-0.3, -0.25) is 4.79 Å². The number of halogens is 3. The van der Waals surface area contributed by atoms with Crippen LogP contribution in [0.1, 0.15) is 18.1 Å². The van der Waals surface area contributed by atoms with Crippen molar-refractivity contribution >= 4 is 69.2 Å². The quantitative estimate of drug-likeness (QED) is 0.153. The fourth-order valence-corrected chi connectivity index (χ4v) is 4.46. The van der Waals surface area contributed by atoms with E-state index in [4.69, 9.17) is 32.7 Å².